The highest BCUT2D eigenvalue weighted by atomic mass is 16.5. The Bertz CT molecular complexity index is 93.6. The smallest absolute Gasteiger partial charge is 0.0477 e. The maximum Gasteiger partial charge on any atom is 0.0477 e. The van der Waals surface area contributed by atoms with Crippen LogP contribution < -0.4 is 11.3 Å². The van der Waals surface area contributed by atoms with Crippen LogP contribution in [0.4, 0.5) is 0 Å². The molecule has 0 aromatic rings. The molecule has 60 valence electrons. The van der Waals surface area contributed by atoms with Gasteiger partial charge < -0.3 is 4.74 Å². The number of methoxy groups -OCH3 is 1. The van der Waals surface area contributed by atoms with E-state index in [0.29, 0.717) is 6.04 Å². The van der Waals surface area contributed by atoms with E-state index in [4.69, 9.17) is 10.6 Å². The quantitative estimate of drug-likeness (QED) is 0.430. The minimum atomic E-state index is 0.486. The Kier molecular flexibility index (Phi) is 3.12. The lowest BCUT2D eigenvalue weighted by atomic mass is 10.1. The molecular formula is C7H16N2O. The zero-order valence-corrected chi connectivity index (χ0v) is 6.47. The molecular weight excluding hydrogens is 128 g/mol. The van der Waals surface area contributed by atoms with Gasteiger partial charge in [-0.15, -0.1) is 0 Å². The molecule has 1 rings (SSSR count). The Morgan fingerprint density at radius 1 is 1.70 bits per heavy atom. The van der Waals surface area contributed by atoms with Crippen LogP contribution in [0.5, 0.6) is 0 Å². The minimum Gasteiger partial charge on any atom is -0.385 e. The van der Waals surface area contributed by atoms with E-state index in [1.54, 1.807) is 7.11 Å². The first-order valence-electron chi connectivity index (χ1n) is 3.83. The topological polar surface area (TPSA) is 47.3 Å². The third-order valence-electron chi connectivity index (χ3n) is 2.04. The van der Waals surface area contributed by atoms with E-state index < -0.39 is 0 Å². The summed E-state index contributed by atoms with van der Waals surface area (Å²) >= 11 is 0. The summed E-state index contributed by atoms with van der Waals surface area (Å²) in [6.45, 7) is 0.811. The molecule has 0 aromatic heterocycles. The predicted octanol–water partition coefficient (Wildman–Crippen LogP) is 0.265. The van der Waals surface area contributed by atoms with Crippen molar-refractivity contribution in [1.82, 2.24) is 5.43 Å². The molecule has 0 amide bonds. The third-order valence-corrected chi connectivity index (χ3v) is 2.04. The molecule has 3 N–H and O–H groups in total. The fourth-order valence-electron chi connectivity index (χ4n) is 1.20. The number of hydrogen-bond donors (Lipinski definition) is 2. The van der Waals surface area contributed by atoms with Crippen LogP contribution in [0.15, 0.2) is 0 Å². The normalized spacial score (nSPS) is 21.0. The van der Waals surface area contributed by atoms with Gasteiger partial charge >= 0.3 is 0 Å². The summed E-state index contributed by atoms with van der Waals surface area (Å²) in [7, 11) is 1.72. The van der Waals surface area contributed by atoms with Gasteiger partial charge in [0.05, 0.1) is 0 Å². The van der Waals surface area contributed by atoms with Crippen molar-refractivity contribution in [2.45, 2.75) is 25.3 Å². The van der Waals surface area contributed by atoms with Crippen molar-refractivity contribution in [3.63, 3.8) is 0 Å². The fraction of sp³-hybridized carbons (Fsp3) is 1.00. The highest BCUT2D eigenvalue weighted by Crippen LogP contribution is 2.33. The number of nitrogens with one attached hydrogen (secondary N) is 1. The van der Waals surface area contributed by atoms with Crippen molar-refractivity contribution >= 4 is 0 Å². The largest absolute Gasteiger partial charge is 0.385 e. The molecule has 1 unspecified atom stereocenters. The summed E-state index contributed by atoms with van der Waals surface area (Å²) in [5.41, 5.74) is 2.82. The van der Waals surface area contributed by atoms with Crippen molar-refractivity contribution in [1.29, 1.82) is 0 Å². The van der Waals surface area contributed by atoms with Gasteiger partial charge in [0.25, 0.3) is 0 Å². The van der Waals surface area contributed by atoms with Gasteiger partial charge in [0, 0.05) is 19.8 Å². The summed E-state index contributed by atoms with van der Waals surface area (Å²) < 4.78 is 4.96. The van der Waals surface area contributed by atoms with E-state index in [1.165, 1.54) is 12.8 Å². The van der Waals surface area contributed by atoms with Crippen LogP contribution >= 0.6 is 0 Å². The maximum absolute atomic E-state index is 5.35. The van der Waals surface area contributed by atoms with E-state index >= 15 is 0 Å². The third kappa shape index (κ3) is 2.25. The summed E-state index contributed by atoms with van der Waals surface area (Å²) in [6, 6.07) is 0.486. The zero-order chi connectivity index (χ0) is 7.40. The Morgan fingerprint density at radius 2 is 2.40 bits per heavy atom. The highest BCUT2D eigenvalue weighted by Gasteiger charge is 2.29. The number of nitrogens with two attached hydrogens (primary N) is 1. The van der Waals surface area contributed by atoms with Gasteiger partial charge in [0.1, 0.15) is 0 Å². The lowest BCUT2D eigenvalue weighted by Gasteiger charge is -2.13. The molecule has 0 aliphatic heterocycles. The van der Waals surface area contributed by atoms with Crippen LogP contribution in [0, 0.1) is 5.92 Å². The molecule has 1 saturated carbocycles. The molecule has 0 bridgehead atoms. The van der Waals surface area contributed by atoms with Crippen molar-refractivity contribution in [3.05, 3.63) is 0 Å². The van der Waals surface area contributed by atoms with Gasteiger partial charge in [-0.2, -0.15) is 0 Å². The Balaban J connectivity index is 2.07. The summed E-state index contributed by atoms with van der Waals surface area (Å²) in [5, 5.41) is 0. The van der Waals surface area contributed by atoms with Crippen LogP contribution in [0.25, 0.3) is 0 Å². The Labute approximate surface area is 61.9 Å². The molecule has 0 heterocycles. The molecule has 1 aliphatic carbocycles. The van der Waals surface area contributed by atoms with Gasteiger partial charge in [-0.05, 0) is 25.2 Å². The van der Waals surface area contributed by atoms with Gasteiger partial charge in [-0.1, -0.05) is 0 Å². The molecule has 3 nitrogen and oxygen atoms in total. The first-order valence-corrected chi connectivity index (χ1v) is 3.83. The average Bonchev–Trinajstić information content (AvgIpc) is 2.73. The molecule has 3 heteroatoms. The number of ether oxygens (including phenoxy) is 1. The standard InChI is InChI=1S/C7H16N2O/c1-10-5-4-7(9-8)6-2-3-6/h6-7,9H,2-5,8H2,1H3. The first kappa shape index (κ1) is 7.98. The molecule has 1 atom stereocenters. The lowest BCUT2D eigenvalue weighted by molar-refractivity contribution is 0.179. The molecule has 1 fully saturated rings. The second-order valence-corrected chi connectivity index (χ2v) is 2.89. The van der Waals surface area contributed by atoms with Crippen LogP contribution in [0.3, 0.4) is 0 Å². The van der Waals surface area contributed by atoms with E-state index in [-0.39, 0.29) is 0 Å². The van der Waals surface area contributed by atoms with E-state index in [9.17, 15) is 0 Å². The molecule has 1 aliphatic rings. The molecule has 0 aromatic carbocycles. The van der Waals surface area contributed by atoms with Crippen LogP contribution in [0.2, 0.25) is 0 Å². The molecule has 0 saturated heterocycles. The van der Waals surface area contributed by atoms with E-state index in [0.717, 1.165) is 18.9 Å². The van der Waals surface area contributed by atoms with E-state index in [1.807, 2.05) is 0 Å². The number of rotatable bonds is 5. The number of hydrogen-bond acceptors (Lipinski definition) is 3. The predicted molar refractivity (Wildman–Crippen MR) is 40.3 cm³/mol. The Morgan fingerprint density at radius 3 is 2.80 bits per heavy atom. The minimum absolute atomic E-state index is 0.486. The van der Waals surface area contributed by atoms with Crippen molar-refractivity contribution in [3.8, 4) is 0 Å². The molecule has 10 heavy (non-hydrogen) atoms. The van der Waals surface area contributed by atoms with Crippen LogP contribution in [-0.2, 0) is 4.74 Å². The lowest BCUT2D eigenvalue weighted by Crippen LogP contribution is -2.37. The zero-order valence-electron chi connectivity index (χ0n) is 6.47. The van der Waals surface area contributed by atoms with Crippen molar-refractivity contribution < 1.29 is 4.74 Å². The molecule has 0 radical (unpaired) electrons. The maximum atomic E-state index is 5.35. The fourth-order valence-corrected chi connectivity index (χ4v) is 1.20. The van der Waals surface area contributed by atoms with Crippen LogP contribution in [-0.4, -0.2) is 19.8 Å². The highest BCUT2D eigenvalue weighted by molar-refractivity contribution is 4.84. The summed E-state index contributed by atoms with van der Waals surface area (Å²) in [5.74, 6) is 6.17. The van der Waals surface area contributed by atoms with E-state index in [2.05, 4.69) is 5.43 Å². The SMILES string of the molecule is COCCC(NN)C1CC1. The monoisotopic (exact) mass is 144 g/mol. The van der Waals surface area contributed by atoms with Gasteiger partial charge in [0.15, 0.2) is 0 Å². The number of hydrazine groups is 1. The van der Waals surface area contributed by atoms with Crippen molar-refractivity contribution in [2.24, 2.45) is 11.8 Å². The van der Waals surface area contributed by atoms with Gasteiger partial charge in [-0.25, -0.2) is 0 Å². The Hall–Kier alpha value is -0.120. The summed E-state index contributed by atoms with van der Waals surface area (Å²) in [6.07, 6.45) is 3.70. The average molecular weight is 144 g/mol. The van der Waals surface area contributed by atoms with Gasteiger partial charge in [-0.3, -0.25) is 11.3 Å². The second-order valence-electron chi connectivity index (χ2n) is 2.89. The second kappa shape index (κ2) is 3.91. The van der Waals surface area contributed by atoms with Crippen LogP contribution in [0.1, 0.15) is 19.3 Å². The first-order chi connectivity index (χ1) is 4.88. The molecule has 0 spiro atoms. The summed E-state index contributed by atoms with van der Waals surface area (Å²) in [4.78, 5) is 0. The van der Waals surface area contributed by atoms with Crippen molar-refractivity contribution in [2.75, 3.05) is 13.7 Å². The van der Waals surface area contributed by atoms with Gasteiger partial charge in [0.2, 0.25) is 0 Å².